The Morgan fingerprint density at radius 3 is 2.44 bits per heavy atom. The predicted molar refractivity (Wildman–Crippen MR) is 65.5 cm³/mol. The van der Waals surface area contributed by atoms with Gasteiger partial charge in [-0.15, -0.1) is 0 Å². The maximum atomic E-state index is 11.8. The highest BCUT2D eigenvalue weighted by molar-refractivity contribution is 7.87. The van der Waals surface area contributed by atoms with Gasteiger partial charge in [0.25, 0.3) is 10.2 Å². The lowest BCUT2D eigenvalue weighted by molar-refractivity contribution is 0.433. The molecule has 0 spiro atoms. The van der Waals surface area contributed by atoms with Crippen LogP contribution in [0.4, 0.5) is 0 Å². The smallest absolute Gasteiger partial charge is 0.279 e. The van der Waals surface area contributed by atoms with Crippen molar-refractivity contribution in [2.24, 2.45) is 11.7 Å². The van der Waals surface area contributed by atoms with Gasteiger partial charge in [0.2, 0.25) is 0 Å². The largest absolute Gasteiger partial charge is 0.387 e. The molecular weight excluding hydrogens is 228 g/mol. The number of nitrogens with two attached hydrogens (primary N) is 1. The van der Waals surface area contributed by atoms with E-state index in [9.17, 15) is 8.42 Å². The Labute approximate surface area is 97.9 Å². The van der Waals surface area contributed by atoms with Gasteiger partial charge in [-0.25, -0.2) is 4.72 Å². The third-order valence-corrected chi connectivity index (χ3v) is 3.36. The van der Waals surface area contributed by atoms with Crippen LogP contribution < -0.4 is 10.5 Å². The second kappa shape index (κ2) is 6.82. The van der Waals surface area contributed by atoms with E-state index in [0.29, 0.717) is 19.5 Å². The Morgan fingerprint density at radius 2 is 2.06 bits per heavy atom. The Morgan fingerprint density at radius 1 is 1.50 bits per heavy atom. The van der Waals surface area contributed by atoms with Crippen molar-refractivity contribution < 1.29 is 8.42 Å². The van der Waals surface area contributed by atoms with E-state index in [0.717, 1.165) is 0 Å². The zero-order valence-electron chi connectivity index (χ0n) is 10.2. The van der Waals surface area contributed by atoms with Crippen LogP contribution in [-0.4, -0.2) is 38.2 Å². The minimum Gasteiger partial charge on any atom is -0.387 e. The quantitative estimate of drug-likeness (QED) is 0.421. The molecule has 7 heteroatoms. The molecule has 0 fully saturated rings. The number of rotatable bonds is 8. The molecule has 0 saturated carbocycles. The van der Waals surface area contributed by atoms with E-state index in [-0.39, 0.29) is 18.3 Å². The first-order valence-electron chi connectivity index (χ1n) is 5.37. The van der Waals surface area contributed by atoms with Gasteiger partial charge in [0.1, 0.15) is 5.84 Å². The van der Waals surface area contributed by atoms with E-state index in [4.69, 9.17) is 11.1 Å². The normalized spacial score (nSPS) is 12.3. The molecule has 4 N–H and O–H groups in total. The van der Waals surface area contributed by atoms with Gasteiger partial charge in [-0.05, 0) is 12.3 Å². The summed E-state index contributed by atoms with van der Waals surface area (Å²) >= 11 is 0. The lowest BCUT2D eigenvalue weighted by Gasteiger charge is -2.21. The first-order valence-corrected chi connectivity index (χ1v) is 6.81. The van der Waals surface area contributed by atoms with Crippen LogP contribution in [0.15, 0.2) is 0 Å². The predicted octanol–water partition coefficient (Wildman–Crippen LogP) is 0.125. The van der Waals surface area contributed by atoms with Crippen LogP contribution in [0.5, 0.6) is 0 Å². The molecular formula is C9H22N4O2S. The van der Waals surface area contributed by atoms with Gasteiger partial charge < -0.3 is 5.73 Å². The molecule has 0 aliphatic carbocycles. The zero-order chi connectivity index (χ0) is 12.8. The Bertz CT molecular complexity index is 313. The minimum absolute atomic E-state index is 0.0543. The zero-order valence-corrected chi connectivity index (χ0v) is 11.0. The van der Waals surface area contributed by atoms with Crippen molar-refractivity contribution in [2.45, 2.75) is 27.2 Å². The van der Waals surface area contributed by atoms with E-state index in [1.54, 1.807) is 0 Å². The lowest BCUT2D eigenvalue weighted by Crippen LogP contribution is -2.45. The van der Waals surface area contributed by atoms with Crippen molar-refractivity contribution in [3.63, 3.8) is 0 Å². The van der Waals surface area contributed by atoms with Crippen LogP contribution in [0.25, 0.3) is 0 Å². The Balaban J connectivity index is 4.55. The monoisotopic (exact) mass is 250 g/mol. The maximum absolute atomic E-state index is 11.8. The number of nitrogens with zero attached hydrogens (tertiary/aromatic N) is 1. The molecule has 96 valence electrons. The number of hydrogen-bond donors (Lipinski definition) is 3. The van der Waals surface area contributed by atoms with E-state index in [2.05, 4.69) is 4.72 Å². The summed E-state index contributed by atoms with van der Waals surface area (Å²) in [6, 6.07) is 0. The Hall–Kier alpha value is -0.660. The summed E-state index contributed by atoms with van der Waals surface area (Å²) in [5, 5.41) is 7.14. The maximum Gasteiger partial charge on any atom is 0.279 e. The Kier molecular flexibility index (Phi) is 6.54. The third kappa shape index (κ3) is 6.04. The molecule has 6 nitrogen and oxygen atoms in total. The van der Waals surface area contributed by atoms with Gasteiger partial charge >= 0.3 is 0 Å². The molecule has 16 heavy (non-hydrogen) atoms. The number of amidine groups is 1. The lowest BCUT2D eigenvalue weighted by atomic mass is 10.2. The summed E-state index contributed by atoms with van der Waals surface area (Å²) in [4.78, 5) is 0. The van der Waals surface area contributed by atoms with Crippen LogP contribution in [0.2, 0.25) is 0 Å². The highest BCUT2D eigenvalue weighted by Gasteiger charge is 2.21. The average Bonchev–Trinajstić information content (AvgIpc) is 2.14. The number of hydrogen-bond acceptors (Lipinski definition) is 3. The highest BCUT2D eigenvalue weighted by atomic mass is 32.2. The fraction of sp³-hybridized carbons (Fsp3) is 0.889. The number of nitrogens with one attached hydrogen (secondary N) is 2. The molecule has 0 aliphatic rings. The minimum atomic E-state index is -3.51. The second-order valence-electron chi connectivity index (χ2n) is 4.11. The van der Waals surface area contributed by atoms with Crippen LogP contribution in [0.1, 0.15) is 27.2 Å². The molecule has 0 aliphatic heterocycles. The van der Waals surface area contributed by atoms with Crippen LogP contribution in [0.3, 0.4) is 0 Å². The van der Waals surface area contributed by atoms with E-state index >= 15 is 0 Å². The van der Waals surface area contributed by atoms with Gasteiger partial charge in [0.15, 0.2) is 0 Å². The van der Waals surface area contributed by atoms with Crippen LogP contribution >= 0.6 is 0 Å². The van der Waals surface area contributed by atoms with Crippen molar-refractivity contribution in [3.8, 4) is 0 Å². The first kappa shape index (κ1) is 15.3. The standard InChI is InChI=1S/C9H22N4O2S/c1-4-5-13(7-9(10)11)16(14,15)12-6-8(2)3/h8,12H,4-7H2,1-3H3,(H3,10,11). The molecule has 0 aromatic heterocycles. The molecule has 0 rings (SSSR count). The van der Waals surface area contributed by atoms with Crippen molar-refractivity contribution >= 4 is 16.0 Å². The molecule has 0 amide bonds. The van der Waals surface area contributed by atoms with Gasteiger partial charge in [0, 0.05) is 13.1 Å². The third-order valence-electron chi connectivity index (χ3n) is 1.83. The van der Waals surface area contributed by atoms with Gasteiger partial charge in [-0.3, -0.25) is 5.41 Å². The summed E-state index contributed by atoms with van der Waals surface area (Å²) in [6.07, 6.45) is 0.690. The summed E-state index contributed by atoms with van der Waals surface area (Å²) in [6.45, 7) is 6.44. The summed E-state index contributed by atoms with van der Waals surface area (Å²) in [5.74, 6) is 0.0963. The molecule has 0 bridgehead atoms. The van der Waals surface area contributed by atoms with Crippen molar-refractivity contribution in [3.05, 3.63) is 0 Å². The first-order chi connectivity index (χ1) is 7.29. The van der Waals surface area contributed by atoms with Crippen LogP contribution in [-0.2, 0) is 10.2 Å². The van der Waals surface area contributed by atoms with Gasteiger partial charge in [-0.2, -0.15) is 12.7 Å². The average molecular weight is 250 g/mol. The van der Waals surface area contributed by atoms with Crippen molar-refractivity contribution in [1.29, 1.82) is 5.41 Å². The topological polar surface area (TPSA) is 99.3 Å². The molecule has 0 atom stereocenters. The van der Waals surface area contributed by atoms with Crippen molar-refractivity contribution in [2.75, 3.05) is 19.6 Å². The van der Waals surface area contributed by atoms with Crippen molar-refractivity contribution in [1.82, 2.24) is 9.03 Å². The van der Waals surface area contributed by atoms with Gasteiger partial charge in [0.05, 0.1) is 6.54 Å². The fourth-order valence-electron chi connectivity index (χ4n) is 1.09. The molecule has 0 aromatic carbocycles. The summed E-state index contributed by atoms with van der Waals surface area (Å²) in [5.41, 5.74) is 5.23. The van der Waals surface area contributed by atoms with E-state index < -0.39 is 10.2 Å². The second-order valence-corrected chi connectivity index (χ2v) is 5.86. The summed E-state index contributed by atoms with van der Waals surface area (Å²) in [7, 11) is -3.51. The molecule has 0 heterocycles. The van der Waals surface area contributed by atoms with Gasteiger partial charge in [-0.1, -0.05) is 20.8 Å². The molecule has 0 radical (unpaired) electrons. The summed E-state index contributed by atoms with van der Waals surface area (Å²) < 4.78 is 27.3. The van der Waals surface area contributed by atoms with E-state index in [1.165, 1.54) is 4.31 Å². The molecule has 0 unspecified atom stereocenters. The fourth-order valence-corrected chi connectivity index (χ4v) is 2.55. The molecule has 0 aromatic rings. The SMILES string of the molecule is CCCN(CC(=N)N)S(=O)(=O)NCC(C)C. The van der Waals surface area contributed by atoms with Crippen LogP contribution in [0, 0.1) is 11.3 Å². The highest BCUT2D eigenvalue weighted by Crippen LogP contribution is 2.00. The molecule has 0 saturated heterocycles. The van der Waals surface area contributed by atoms with E-state index in [1.807, 2.05) is 20.8 Å².